The number of amides is 1. The fourth-order valence-electron chi connectivity index (χ4n) is 3.66. The number of para-hydroxylation sites is 2. The minimum atomic E-state index is -0.187. The quantitative estimate of drug-likeness (QED) is 0.374. The van der Waals surface area contributed by atoms with Gasteiger partial charge in [0.15, 0.2) is 0 Å². The van der Waals surface area contributed by atoms with E-state index < -0.39 is 0 Å². The standard InChI is InChI=1S/C24H24N4O/c1-3-28-22-11-7-5-9-19(22)20-14-18(12-13-23(20)28)15-26-27-24(29)16-25-21-10-6-4-8-17(21)2/h4-15,25H,3,16H2,1-2H3,(H,27,29)/b26-15-. The Bertz CT molecular complexity index is 1210. The third-order valence-corrected chi connectivity index (χ3v) is 5.10. The van der Waals surface area contributed by atoms with E-state index in [4.69, 9.17) is 0 Å². The van der Waals surface area contributed by atoms with Crippen LogP contribution in [0.15, 0.2) is 71.8 Å². The van der Waals surface area contributed by atoms with Gasteiger partial charge in [-0.05, 0) is 49.2 Å². The molecule has 0 saturated heterocycles. The van der Waals surface area contributed by atoms with E-state index in [0.29, 0.717) is 0 Å². The third-order valence-electron chi connectivity index (χ3n) is 5.10. The fraction of sp³-hybridized carbons (Fsp3) is 0.167. The Hall–Kier alpha value is -3.60. The van der Waals surface area contributed by atoms with Crippen LogP contribution >= 0.6 is 0 Å². The predicted molar refractivity (Wildman–Crippen MR) is 121 cm³/mol. The van der Waals surface area contributed by atoms with Gasteiger partial charge in [-0.1, -0.05) is 42.5 Å². The Labute approximate surface area is 170 Å². The first-order valence-corrected chi connectivity index (χ1v) is 9.79. The van der Waals surface area contributed by atoms with Crippen LogP contribution in [0, 0.1) is 6.92 Å². The molecule has 146 valence electrons. The molecule has 0 bridgehead atoms. The number of nitrogens with one attached hydrogen (secondary N) is 2. The molecule has 0 aliphatic rings. The molecule has 4 rings (SSSR count). The number of aryl methyl sites for hydroxylation is 2. The van der Waals surface area contributed by atoms with Gasteiger partial charge in [0, 0.05) is 34.0 Å². The molecular weight excluding hydrogens is 360 g/mol. The molecule has 5 nitrogen and oxygen atoms in total. The first kappa shape index (κ1) is 18.7. The number of fused-ring (bicyclic) bond motifs is 3. The van der Waals surface area contributed by atoms with Crippen LogP contribution in [0.2, 0.25) is 0 Å². The number of carbonyl (C=O) groups is 1. The molecule has 0 aliphatic carbocycles. The van der Waals surface area contributed by atoms with Gasteiger partial charge in [-0.25, -0.2) is 5.43 Å². The van der Waals surface area contributed by atoms with E-state index in [0.717, 1.165) is 23.4 Å². The highest BCUT2D eigenvalue weighted by Crippen LogP contribution is 2.29. The van der Waals surface area contributed by atoms with Crippen molar-refractivity contribution in [1.29, 1.82) is 0 Å². The molecule has 0 unspecified atom stereocenters. The van der Waals surface area contributed by atoms with Crippen LogP contribution in [0.1, 0.15) is 18.1 Å². The number of aromatic nitrogens is 1. The normalized spacial score (nSPS) is 11.4. The number of nitrogens with zero attached hydrogens (tertiary/aromatic N) is 2. The van der Waals surface area contributed by atoms with E-state index in [2.05, 4.69) is 63.7 Å². The largest absolute Gasteiger partial charge is 0.376 e. The summed E-state index contributed by atoms with van der Waals surface area (Å²) in [6.45, 7) is 5.25. The van der Waals surface area contributed by atoms with Gasteiger partial charge >= 0.3 is 0 Å². The van der Waals surface area contributed by atoms with Crippen LogP contribution in [0.5, 0.6) is 0 Å². The van der Waals surface area contributed by atoms with Gasteiger partial charge in [0.25, 0.3) is 5.91 Å². The Morgan fingerprint density at radius 3 is 2.59 bits per heavy atom. The molecular formula is C24H24N4O. The van der Waals surface area contributed by atoms with Gasteiger partial charge in [0.05, 0.1) is 12.8 Å². The van der Waals surface area contributed by atoms with Crippen molar-refractivity contribution in [3.05, 3.63) is 77.9 Å². The highest BCUT2D eigenvalue weighted by Gasteiger charge is 2.09. The van der Waals surface area contributed by atoms with Crippen LogP contribution in [-0.2, 0) is 11.3 Å². The topological polar surface area (TPSA) is 58.4 Å². The number of hydrogen-bond acceptors (Lipinski definition) is 3. The molecule has 1 aromatic heterocycles. The molecule has 0 aliphatic heterocycles. The zero-order valence-corrected chi connectivity index (χ0v) is 16.6. The van der Waals surface area contributed by atoms with Crippen molar-refractivity contribution in [2.24, 2.45) is 5.10 Å². The van der Waals surface area contributed by atoms with Crippen molar-refractivity contribution in [2.45, 2.75) is 20.4 Å². The van der Waals surface area contributed by atoms with E-state index in [1.54, 1.807) is 6.21 Å². The maximum absolute atomic E-state index is 12.1. The summed E-state index contributed by atoms with van der Waals surface area (Å²) in [5, 5.41) is 9.67. The average Bonchev–Trinajstić information content (AvgIpc) is 3.06. The summed E-state index contributed by atoms with van der Waals surface area (Å²) in [4.78, 5) is 12.1. The van der Waals surface area contributed by atoms with Crippen LogP contribution in [-0.4, -0.2) is 23.2 Å². The van der Waals surface area contributed by atoms with Crippen LogP contribution in [0.25, 0.3) is 21.8 Å². The van der Waals surface area contributed by atoms with Crippen molar-refractivity contribution >= 4 is 39.6 Å². The number of hydrogen-bond donors (Lipinski definition) is 2. The van der Waals surface area contributed by atoms with E-state index in [-0.39, 0.29) is 12.5 Å². The predicted octanol–water partition coefficient (Wildman–Crippen LogP) is 4.69. The summed E-state index contributed by atoms with van der Waals surface area (Å²) < 4.78 is 2.31. The van der Waals surface area contributed by atoms with Crippen molar-refractivity contribution in [3.63, 3.8) is 0 Å². The second-order valence-electron chi connectivity index (χ2n) is 7.00. The maximum atomic E-state index is 12.1. The number of benzene rings is 3. The lowest BCUT2D eigenvalue weighted by Crippen LogP contribution is -2.26. The van der Waals surface area contributed by atoms with E-state index in [1.165, 1.54) is 21.8 Å². The summed E-state index contributed by atoms with van der Waals surface area (Å²) >= 11 is 0. The lowest BCUT2D eigenvalue weighted by Gasteiger charge is -2.07. The molecule has 0 atom stereocenters. The number of anilines is 1. The van der Waals surface area contributed by atoms with Crippen molar-refractivity contribution < 1.29 is 4.79 Å². The highest BCUT2D eigenvalue weighted by molar-refractivity contribution is 6.09. The first-order valence-electron chi connectivity index (χ1n) is 9.79. The third kappa shape index (κ3) is 3.85. The average molecular weight is 384 g/mol. The van der Waals surface area contributed by atoms with Crippen LogP contribution < -0.4 is 10.7 Å². The molecule has 0 fully saturated rings. The molecule has 3 aromatic carbocycles. The summed E-state index contributed by atoms with van der Waals surface area (Å²) in [7, 11) is 0. The Kier molecular flexibility index (Phi) is 5.29. The maximum Gasteiger partial charge on any atom is 0.259 e. The Morgan fingerprint density at radius 2 is 1.76 bits per heavy atom. The van der Waals surface area contributed by atoms with Gasteiger partial charge in [-0.2, -0.15) is 5.10 Å². The fourth-order valence-corrected chi connectivity index (χ4v) is 3.66. The molecule has 0 saturated carbocycles. The summed E-state index contributed by atoms with van der Waals surface area (Å²) in [6.07, 6.45) is 1.68. The lowest BCUT2D eigenvalue weighted by atomic mass is 10.1. The SMILES string of the molecule is CCn1c2ccccc2c2cc(/C=N\NC(=O)CNc3ccccc3C)ccc21. The van der Waals surface area contributed by atoms with Gasteiger partial charge in [0.1, 0.15) is 0 Å². The number of carbonyl (C=O) groups excluding carboxylic acids is 1. The minimum absolute atomic E-state index is 0.172. The van der Waals surface area contributed by atoms with Crippen LogP contribution in [0.4, 0.5) is 5.69 Å². The molecule has 1 amide bonds. The lowest BCUT2D eigenvalue weighted by molar-refractivity contribution is -0.119. The van der Waals surface area contributed by atoms with Gasteiger partial charge in [-0.15, -0.1) is 0 Å². The summed E-state index contributed by atoms with van der Waals surface area (Å²) in [5.41, 5.74) is 8.02. The minimum Gasteiger partial charge on any atom is -0.376 e. The molecule has 1 heterocycles. The molecule has 4 aromatic rings. The zero-order valence-electron chi connectivity index (χ0n) is 16.6. The monoisotopic (exact) mass is 384 g/mol. The Morgan fingerprint density at radius 1 is 1.00 bits per heavy atom. The van der Waals surface area contributed by atoms with E-state index >= 15 is 0 Å². The van der Waals surface area contributed by atoms with Crippen molar-refractivity contribution in [3.8, 4) is 0 Å². The smallest absolute Gasteiger partial charge is 0.259 e. The highest BCUT2D eigenvalue weighted by atomic mass is 16.2. The zero-order chi connectivity index (χ0) is 20.2. The molecule has 5 heteroatoms. The number of hydrazone groups is 1. The second kappa shape index (κ2) is 8.19. The van der Waals surface area contributed by atoms with Crippen LogP contribution in [0.3, 0.4) is 0 Å². The molecule has 29 heavy (non-hydrogen) atoms. The van der Waals surface area contributed by atoms with Crippen molar-refractivity contribution in [1.82, 2.24) is 9.99 Å². The first-order chi connectivity index (χ1) is 14.2. The molecule has 2 N–H and O–H groups in total. The second-order valence-corrected chi connectivity index (χ2v) is 7.00. The van der Waals surface area contributed by atoms with Gasteiger partial charge in [-0.3, -0.25) is 4.79 Å². The van der Waals surface area contributed by atoms with Crippen molar-refractivity contribution in [2.75, 3.05) is 11.9 Å². The molecule has 0 radical (unpaired) electrons. The van der Waals surface area contributed by atoms with Gasteiger partial charge in [0.2, 0.25) is 0 Å². The number of rotatable bonds is 6. The summed E-state index contributed by atoms with van der Waals surface area (Å²) in [6, 6.07) is 22.5. The molecule has 0 spiro atoms. The summed E-state index contributed by atoms with van der Waals surface area (Å²) in [5.74, 6) is -0.187. The van der Waals surface area contributed by atoms with E-state index in [1.807, 2.05) is 37.3 Å². The Balaban J connectivity index is 1.46. The van der Waals surface area contributed by atoms with Gasteiger partial charge < -0.3 is 9.88 Å². The van der Waals surface area contributed by atoms with E-state index in [9.17, 15) is 4.79 Å².